The number of aromatic nitrogens is 1. The zero-order valence-electron chi connectivity index (χ0n) is 14.0. The van der Waals surface area contributed by atoms with Crippen LogP contribution in [0.15, 0.2) is 29.5 Å². The average Bonchev–Trinajstić information content (AvgIpc) is 3.23. The summed E-state index contributed by atoms with van der Waals surface area (Å²) in [7, 11) is 1.75. The summed E-state index contributed by atoms with van der Waals surface area (Å²) in [5.74, 6) is 0.690. The minimum absolute atomic E-state index is 0.0748. The minimum atomic E-state index is -0.0748. The van der Waals surface area contributed by atoms with E-state index in [4.69, 9.17) is 4.74 Å². The standard InChI is InChI=1S/C17H28N4O2/c1-18-17(20-11-14-21-12-4-5-13-21)19-10-6-9-16(22)23-15-7-2-3-8-15/h4-5,12-13,15H,2-3,6-11,14H2,1H3,(H2,18,19,20). The fourth-order valence-electron chi connectivity index (χ4n) is 2.73. The fraction of sp³-hybridized carbons (Fsp3) is 0.647. The van der Waals surface area contributed by atoms with Crippen LogP contribution >= 0.6 is 0 Å². The molecule has 0 amide bonds. The lowest BCUT2D eigenvalue weighted by Crippen LogP contribution is -2.39. The van der Waals surface area contributed by atoms with Gasteiger partial charge in [-0.3, -0.25) is 9.79 Å². The van der Waals surface area contributed by atoms with Crippen molar-refractivity contribution in [2.24, 2.45) is 4.99 Å². The van der Waals surface area contributed by atoms with Gasteiger partial charge in [0, 0.05) is 45.5 Å². The normalized spacial score (nSPS) is 15.6. The van der Waals surface area contributed by atoms with E-state index >= 15 is 0 Å². The third-order valence-corrected chi connectivity index (χ3v) is 4.00. The topological polar surface area (TPSA) is 67.7 Å². The highest BCUT2D eigenvalue weighted by Crippen LogP contribution is 2.21. The van der Waals surface area contributed by atoms with E-state index in [9.17, 15) is 4.79 Å². The highest BCUT2D eigenvalue weighted by Gasteiger charge is 2.18. The van der Waals surface area contributed by atoms with Crippen molar-refractivity contribution >= 4 is 11.9 Å². The number of aliphatic imine (C=N–C) groups is 1. The van der Waals surface area contributed by atoms with Crippen molar-refractivity contribution in [3.8, 4) is 0 Å². The molecule has 2 rings (SSSR count). The molecule has 0 bridgehead atoms. The molecule has 0 radical (unpaired) electrons. The van der Waals surface area contributed by atoms with Crippen molar-refractivity contribution in [2.45, 2.75) is 51.2 Å². The summed E-state index contributed by atoms with van der Waals surface area (Å²) in [6.07, 6.45) is 9.88. The van der Waals surface area contributed by atoms with E-state index in [0.29, 0.717) is 13.0 Å². The fourth-order valence-corrected chi connectivity index (χ4v) is 2.73. The maximum absolute atomic E-state index is 11.7. The van der Waals surface area contributed by atoms with Crippen molar-refractivity contribution in [2.75, 3.05) is 20.1 Å². The Morgan fingerprint density at radius 3 is 2.61 bits per heavy atom. The molecule has 1 aliphatic rings. The molecule has 23 heavy (non-hydrogen) atoms. The molecule has 1 fully saturated rings. The van der Waals surface area contributed by atoms with Crippen LogP contribution < -0.4 is 10.6 Å². The summed E-state index contributed by atoms with van der Waals surface area (Å²) in [6.45, 7) is 2.41. The molecule has 0 aliphatic heterocycles. The largest absolute Gasteiger partial charge is 0.462 e. The Hall–Kier alpha value is -1.98. The summed E-state index contributed by atoms with van der Waals surface area (Å²) in [5.41, 5.74) is 0. The summed E-state index contributed by atoms with van der Waals surface area (Å²) in [4.78, 5) is 15.9. The lowest BCUT2D eigenvalue weighted by atomic mass is 10.3. The second-order valence-corrected chi connectivity index (χ2v) is 5.85. The number of esters is 1. The Morgan fingerprint density at radius 2 is 1.91 bits per heavy atom. The van der Waals surface area contributed by atoms with E-state index in [-0.39, 0.29) is 12.1 Å². The molecular weight excluding hydrogens is 292 g/mol. The minimum Gasteiger partial charge on any atom is -0.462 e. The van der Waals surface area contributed by atoms with Crippen LogP contribution in [0.1, 0.15) is 38.5 Å². The Labute approximate surface area is 138 Å². The van der Waals surface area contributed by atoms with Gasteiger partial charge in [-0.1, -0.05) is 0 Å². The van der Waals surface area contributed by atoms with Gasteiger partial charge in [-0.25, -0.2) is 0 Å². The van der Waals surface area contributed by atoms with Crippen molar-refractivity contribution in [3.05, 3.63) is 24.5 Å². The number of rotatable bonds is 8. The van der Waals surface area contributed by atoms with E-state index in [2.05, 4.69) is 20.2 Å². The maximum atomic E-state index is 11.7. The molecular formula is C17H28N4O2. The third-order valence-electron chi connectivity index (χ3n) is 4.00. The van der Waals surface area contributed by atoms with E-state index in [0.717, 1.165) is 38.3 Å². The van der Waals surface area contributed by atoms with E-state index in [1.54, 1.807) is 7.05 Å². The number of carbonyl (C=O) groups is 1. The monoisotopic (exact) mass is 320 g/mol. The van der Waals surface area contributed by atoms with Crippen LogP contribution in [-0.2, 0) is 16.1 Å². The number of hydrogen-bond donors (Lipinski definition) is 2. The molecule has 1 aromatic heterocycles. The van der Waals surface area contributed by atoms with Gasteiger partial charge in [-0.15, -0.1) is 0 Å². The van der Waals surface area contributed by atoms with E-state index in [1.165, 1.54) is 12.8 Å². The van der Waals surface area contributed by atoms with Crippen LogP contribution in [-0.4, -0.2) is 42.7 Å². The maximum Gasteiger partial charge on any atom is 0.306 e. The molecule has 2 N–H and O–H groups in total. The quantitative estimate of drug-likeness (QED) is 0.332. The number of ether oxygens (including phenoxy) is 1. The number of hydrogen-bond acceptors (Lipinski definition) is 3. The second kappa shape index (κ2) is 9.92. The first-order valence-corrected chi connectivity index (χ1v) is 8.52. The molecule has 0 unspecified atom stereocenters. The first kappa shape index (κ1) is 17.4. The van der Waals surface area contributed by atoms with Gasteiger partial charge in [0.15, 0.2) is 5.96 Å². The second-order valence-electron chi connectivity index (χ2n) is 5.85. The van der Waals surface area contributed by atoms with Gasteiger partial charge < -0.3 is 19.9 Å². The lowest BCUT2D eigenvalue weighted by molar-refractivity contribution is -0.148. The van der Waals surface area contributed by atoms with Crippen molar-refractivity contribution in [1.29, 1.82) is 0 Å². The summed E-state index contributed by atoms with van der Waals surface area (Å²) in [6, 6.07) is 4.02. The van der Waals surface area contributed by atoms with Gasteiger partial charge in [0.1, 0.15) is 6.10 Å². The molecule has 1 heterocycles. The number of nitrogens with one attached hydrogen (secondary N) is 2. The Bertz CT molecular complexity index is 479. The third kappa shape index (κ3) is 6.76. The highest BCUT2D eigenvalue weighted by atomic mass is 16.5. The van der Waals surface area contributed by atoms with Crippen LogP contribution in [0.5, 0.6) is 0 Å². The number of nitrogens with zero attached hydrogens (tertiary/aromatic N) is 2. The van der Waals surface area contributed by atoms with Gasteiger partial charge in [-0.2, -0.15) is 0 Å². The predicted octanol–water partition coefficient (Wildman–Crippen LogP) is 1.92. The van der Waals surface area contributed by atoms with Gasteiger partial charge in [0.25, 0.3) is 0 Å². The van der Waals surface area contributed by atoms with Gasteiger partial charge in [0.05, 0.1) is 0 Å². The molecule has 6 nitrogen and oxygen atoms in total. The summed E-state index contributed by atoms with van der Waals surface area (Å²) < 4.78 is 7.55. The first-order valence-electron chi connectivity index (χ1n) is 8.52. The van der Waals surface area contributed by atoms with Crippen molar-refractivity contribution in [3.63, 3.8) is 0 Å². The van der Waals surface area contributed by atoms with Gasteiger partial charge in [0.2, 0.25) is 0 Å². The molecule has 0 saturated heterocycles. The van der Waals surface area contributed by atoms with Crippen LogP contribution in [0.4, 0.5) is 0 Å². The molecule has 0 spiro atoms. The van der Waals surface area contributed by atoms with Crippen LogP contribution in [0, 0.1) is 0 Å². The Morgan fingerprint density at radius 1 is 1.22 bits per heavy atom. The van der Waals surface area contributed by atoms with E-state index in [1.807, 2.05) is 24.5 Å². The van der Waals surface area contributed by atoms with E-state index < -0.39 is 0 Å². The lowest BCUT2D eigenvalue weighted by Gasteiger charge is -2.13. The molecule has 1 saturated carbocycles. The average molecular weight is 320 g/mol. The Kier molecular flexibility index (Phi) is 7.49. The smallest absolute Gasteiger partial charge is 0.306 e. The van der Waals surface area contributed by atoms with Crippen LogP contribution in [0.2, 0.25) is 0 Å². The van der Waals surface area contributed by atoms with Crippen molar-refractivity contribution in [1.82, 2.24) is 15.2 Å². The molecule has 6 heteroatoms. The molecule has 0 atom stereocenters. The zero-order chi connectivity index (χ0) is 16.3. The Balaban J connectivity index is 1.52. The molecule has 1 aromatic rings. The number of guanidine groups is 1. The van der Waals surface area contributed by atoms with Crippen LogP contribution in [0.3, 0.4) is 0 Å². The van der Waals surface area contributed by atoms with Crippen LogP contribution in [0.25, 0.3) is 0 Å². The van der Waals surface area contributed by atoms with Crippen molar-refractivity contribution < 1.29 is 9.53 Å². The first-order chi connectivity index (χ1) is 11.3. The predicted molar refractivity (Wildman–Crippen MR) is 91.4 cm³/mol. The molecule has 0 aromatic carbocycles. The van der Waals surface area contributed by atoms with Gasteiger partial charge >= 0.3 is 5.97 Å². The molecule has 128 valence electrons. The van der Waals surface area contributed by atoms with Gasteiger partial charge in [-0.05, 0) is 44.2 Å². The summed E-state index contributed by atoms with van der Waals surface area (Å²) >= 11 is 0. The zero-order valence-corrected chi connectivity index (χ0v) is 14.0. The highest BCUT2D eigenvalue weighted by molar-refractivity contribution is 5.79. The number of carbonyl (C=O) groups excluding carboxylic acids is 1. The summed E-state index contributed by atoms with van der Waals surface area (Å²) in [5, 5.41) is 6.48. The SMILES string of the molecule is CN=C(NCCCC(=O)OC1CCCC1)NCCn1cccc1. The molecule has 1 aliphatic carbocycles.